The second kappa shape index (κ2) is 11.6. The molecular formula is C28H29F3N6O4. The molecule has 2 amide bonds. The van der Waals surface area contributed by atoms with Crippen LogP contribution in [0.5, 0.6) is 17.4 Å². The number of carbonyl (C=O) groups excluding carboxylic acids is 2. The molecule has 216 valence electrons. The highest BCUT2D eigenvalue weighted by Crippen LogP contribution is 2.40. The van der Waals surface area contributed by atoms with Crippen molar-refractivity contribution in [3.63, 3.8) is 0 Å². The average Bonchev–Trinajstić information content (AvgIpc) is 3.29. The molecule has 3 heterocycles. The molecule has 13 heteroatoms. The van der Waals surface area contributed by atoms with E-state index in [0.717, 1.165) is 25.9 Å². The number of nitrogens with one attached hydrogen (secondary N) is 3. The van der Waals surface area contributed by atoms with Gasteiger partial charge in [0.1, 0.15) is 17.1 Å². The maximum Gasteiger partial charge on any atom is 0.423 e. The largest absolute Gasteiger partial charge is 0.495 e. The van der Waals surface area contributed by atoms with Crippen molar-refractivity contribution in [3.8, 4) is 17.4 Å². The fourth-order valence-corrected chi connectivity index (χ4v) is 4.82. The zero-order valence-corrected chi connectivity index (χ0v) is 22.5. The average molecular weight is 571 g/mol. The Kier molecular flexibility index (Phi) is 7.97. The van der Waals surface area contributed by atoms with Crippen LogP contribution < -0.4 is 25.4 Å². The number of rotatable bonds is 8. The van der Waals surface area contributed by atoms with Gasteiger partial charge in [-0.2, -0.15) is 18.2 Å². The number of ether oxygens (including phenoxy) is 2. The Hall–Kier alpha value is -4.39. The Morgan fingerprint density at radius 1 is 1.17 bits per heavy atom. The standard InChI is InChI=1S/C28H29F3N6O4/c1-3-37-15-17-5-4-6-21(23(17)26(37)39)41-25-19(28(29,30)31)14-33-27(36-25)35-20-8-7-16(13-22(20)40-2)24(38)34-18-9-11-32-12-10-18/h4-8,13-14,18,32H,3,9-12,15H2,1-2H3,(H,34,38)(H,33,35,36). The van der Waals surface area contributed by atoms with E-state index in [2.05, 4.69) is 25.9 Å². The number of carbonyl (C=O) groups is 2. The van der Waals surface area contributed by atoms with E-state index in [0.29, 0.717) is 36.1 Å². The van der Waals surface area contributed by atoms with Crippen LogP contribution in [-0.4, -0.2) is 59.5 Å². The van der Waals surface area contributed by atoms with E-state index in [-0.39, 0.29) is 40.9 Å². The summed E-state index contributed by atoms with van der Waals surface area (Å²) in [5.74, 6) is -1.31. The molecule has 1 saturated heterocycles. The molecule has 0 unspecified atom stereocenters. The lowest BCUT2D eigenvalue weighted by atomic mass is 10.1. The SMILES string of the molecule is CCN1Cc2cccc(Oc3nc(Nc4ccc(C(=O)NC5CCNCC5)cc4OC)ncc3C(F)(F)F)c2C1=O. The van der Waals surface area contributed by atoms with E-state index in [1.54, 1.807) is 29.2 Å². The highest BCUT2D eigenvalue weighted by atomic mass is 19.4. The minimum Gasteiger partial charge on any atom is -0.495 e. The van der Waals surface area contributed by atoms with Crippen molar-refractivity contribution >= 4 is 23.5 Å². The van der Waals surface area contributed by atoms with Crippen LogP contribution in [-0.2, 0) is 12.7 Å². The van der Waals surface area contributed by atoms with Crippen molar-refractivity contribution in [3.05, 3.63) is 64.8 Å². The normalized spacial score (nSPS) is 15.4. The first kappa shape index (κ1) is 28.1. The number of anilines is 2. The quantitative estimate of drug-likeness (QED) is 0.363. The highest BCUT2D eigenvalue weighted by Gasteiger charge is 2.38. The molecule has 0 aliphatic carbocycles. The molecule has 41 heavy (non-hydrogen) atoms. The summed E-state index contributed by atoms with van der Waals surface area (Å²) in [6.07, 6.45) is -2.54. The Balaban J connectivity index is 1.41. The molecule has 5 rings (SSSR count). The van der Waals surface area contributed by atoms with Gasteiger partial charge in [-0.05, 0) is 62.7 Å². The van der Waals surface area contributed by atoms with Gasteiger partial charge in [0.15, 0.2) is 0 Å². The van der Waals surface area contributed by atoms with Crippen LogP contribution in [0, 0.1) is 0 Å². The summed E-state index contributed by atoms with van der Waals surface area (Å²) < 4.78 is 52.7. The summed E-state index contributed by atoms with van der Waals surface area (Å²) in [6, 6.07) is 9.50. The molecule has 10 nitrogen and oxygen atoms in total. The van der Waals surface area contributed by atoms with Crippen LogP contribution >= 0.6 is 0 Å². The van der Waals surface area contributed by atoms with Crippen LogP contribution in [0.25, 0.3) is 0 Å². The summed E-state index contributed by atoms with van der Waals surface area (Å²) in [4.78, 5) is 35.0. The van der Waals surface area contributed by atoms with Crippen molar-refractivity contribution in [1.82, 2.24) is 25.5 Å². The smallest absolute Gasteiger partial charge is 0.423 e. The van der Waals surface area contributed by atoms with Gasteiger partial charge in [0.2, 0.25) is 11.8 Å². The van der Waals surface area contributed by atoms with Gasteiger partial charge in [-0.1, -0.05) is 12.1 Å². The van der Waals surface area contributed by atoms with Gasteiger partial charge in [0.05, 0.1) is 18.4 Å². The predicted molar refractivity (Wildman–Crippen MR) is 144 cm³/mol. The number of piperidine rings is 1. The number of hydrogen-bond donors (Lipinski definition) is 3. The minimum absolute atomic E-state index is 0.0275. The van der Waals surface area contributed by atoms with Crippen LogP contribution in [0.4, 0.5) is 24.8 Å². The Morgan fingerprint density at radius 2 is 1.95 bits per heavy atom. The maximum atomic E-state index is 13.9. The third kappa shape index (κ3) is 6.04. The van der Waals surface area contributed by atoms with Crippen molar-refractivity contribution in [2.45, 2.75) is 38.5 Å². The topological polar surface area (TPSA) is 118 Å². The third-order valence-corrected chi connectivity index (χ3v) is 7.01. The fraction of sp³-hybridized carbons (Fsp3) is 0.357. The number of nitrogens with zero attached hydrogens (tertiary/aromatic N) is 3. The first-order valence-corrected chi connectivity index (χ1v) is 13.2. The molecule has 1 aromatic heterocycles. The van der Waals surface area contributed by atoms with Gasteiger partial charge < -0.3 is 30.3 Å². The summed E-state index contributed by atoms with van der Waals surface area (Å²) in [7, 11) is 1.41. The van der Waals surface area contributed by atoms with Gasteiger partial charge in [-0.3, -0.25) is 9.59 Å². The lowest BCUT2D eigenvalue weighted by Gasteiger charge is -2.23. The highest BCUT2D eigenvalue weighted by molar-refractivity contribution is 6.01. The van der Waals surface area contributed by atoms with Gasteiger partial charge >= 0.3 is 6.18 Å². The molecule has 1 fully saturated rings. The number of aromatic nitrogens is 2. The molecule has 0 radical (unpaired) electrons. The van der Waals surface area contributed by atoms with Gasteiger partial charge in [-0.15, -0.1) is 0 Å². The van der Waals surface area contributed by atoms with Gasteiger partial charge in [0.25, 0.3) is 11.8 Å². The number of methoxy groups -OCH3 is 1. The maximum absolute atomic E-state index is 13.9. The third-order valence-electron chi connectivity index (χ3n) is 7.01. The van der Waals surface area contributed by atoms with E-state index >= 15 is 0 Å². The zero-order valence-electron chi connectivity index (χ0n) is 22.5. The van der Waals surface area contributed by atoms with Crippen molar-refractivity contribution in [2.24, 2.45) is 0 Å². The first-order chi connectivity index (χ1) is 19.7. The molecule has 2 aromatic carbocycles. The lowest BCUT2D eigenvalue weighted by Crippen LogP contribution is -2.42. The van der Waals surface area contributed by atoms with E-state index in [9.17, 15) is 22.8 Å². The Morgan fingerprint density at radius 3 is 2.66 bits per heavy atom. The number of halogens is 3. The summed E-state index contributed by atoms with van der Waals surface area (Å²) in [5, 5.41) is 9.09. The van der Waals surface area contributed by atoms with E-state index in [1.807, 2.05) is 6.92 Å². The van der Waals surface area contributed by atoms with Crippen molar-refractivity contribution < 1.29 is 32.2 Å². The molecule has 3 aromatic rings. The minimum atomic E-state index is -4.81. The number of amides is 2. The van der Waals surface area contributed by atoms with E-state index < -0.39 is 17.6 Å². The Labute approximate surface area is 234 Å². The molecule has 0 saturated carbocycles. The molecule has 2 aliphatic heterocycles. The Bertz CT molecular complexity index is 1460. The van der Waals surface area contributed by atoms with Crippen molar-refractivity contribution in [1.29, 1.82) is 0 Å². The zero-order chi connectivity index (χ0) is 29.1. The summed E-state index contributed by atoms with van der Waals surface area (Å²) in [6.45, 7) is 4.27. The monoisotopic (exact) mass is 570 g/mol. The fourth-order valence-electron chi connectivity index (χ4n) is 4.82. The number of hydrogen-bond acceptors (Lipinski definition) is 8. The van der Waals surface area contributed by atoms with Gasteiger partial charge in [0, 0.05) is 30.9 Å². The van der Waals surface area contributed by atoms with Crippen LogP contribution in [0.15, 0.2) is 42.6 Å². The summed E-state index contributed by atoms with van der Waals surface area (Å²) in [5.41, 5.74) is 0.355. The van der Waals surface area contributed by atoms with Crippen LogP contribution in [0.3, 0.4) is 0 Å². The second-order valence-electron chi connectivity index (χ2n) is 9.66. The second-order valence-corrected chi connectivity index (χ2v) is 9.66. The van der Waals surface area contributed by atoms with Crippen LogP contribution in [0.1, 0.15) is 51.6 Å². The number of fused-ring (bicyclic) bond motifs is 1. The molecule has 0 bridgehead atoms. The molecule has 0 atom stereocenters. The first-order valence-electron chi connectivity index (χ1n) is 13.2. The molecule has 0 spiro atoms. The van der Waals surface area contributed by atoms with Crippen LogP contribution in [0.2, 0.25) is 0 Å². The van der Waals surface area contributed by atoms with E-state index in [4.69, 9.17) is 9.47 Å². The van der Waals surface area contributed by atoms with Crippen molar-refractivity contribution in [2.75, 3.05) is 32.1 Å². The molecular weight excluding hydrogens is 541 g/mol. The summed E-state index contributed by atoms with van der Waals surface area (Å²) >= 11 is 0. The molecule has 2 aliphatic rings. The predicted octanol–water partition coefficient (Wildman–Crippen LogP) is 4.50. The van der Waals surface area contributed by atoms with Gasteiger partial charge in [-0.25, -0.2) is 4.98 Å². The number of benzene rings is 2. The lowest BCUT2D eigenvalue weighted by molar-refractivity contribution is -0.139. The van der Waals surface area contributed by atoms with E-state index in [1.165, 1.54) is 19.2 Å². The number of alkyl halides is 3. The molecule has 3 N–H and O–H groups in total.